The van der Waals surface area contributed by atoms with E-state index in [0.717, 1.165) is 5.56 Å². The lowest BCUT2D eigenvalue weighted by Gasteiger charge is -2.19. The van der Waals surface area contributed by atoms with Gasteiger partial charge in [0.15, 0.2) is 6.10 Å². The van der Waals surface area contributed by atoms with E-state index in [1.807, 2.05) is 30.3 Å². The van der Waals surface area contributed by atoms with Gasteiger partial charge in [0.05, 0.1) is 12.5 Å². The molecule has 0 fully saturated rings. The predicted octanol–water partition coefficient (Wildman–Crippen LogP) is 2.73. The highest BCUT2D eigenvalue weighted by atomic mass is 35.5. The van der Waals surface area contributed by atoms with Crippen LogP contribution in [0, 0.1) is 0 Å². The number of hydrogen-bond donors (Lipinski definition) is 3. The summed E-state index contributed by atoms with van der Waals surface area (Å²) in [6.07, 6.45) is -0.460. The second-order valence-electron chi connectivity index (χ2n) is 6.48. The zero-order valence-corrected chi connectivity index (χ0v) is 16.8. The predicted molar refractivity (Wildman–Crippen MR) is 110 cm³/mol. The topological polar surface area (TPSA) is 111 Å². The number of amides is 3. The normalized spacial score (nSPS) is 12.5. The van der Waals surface area contributed by atoms with Crippen LogP contribution in [0.2, 0.25) is 5.02 Å². The second-order valence-corrected chi connectivity index (χ2v) is 6.91. The Bertz CT molecular complexity index is 828. The fraction of sp³-hybridized carbons (Fsp3) is 0.286. The van der Waals surface area contributed by atoms with Gasteiger partial charge in [0, 0.05) is 11.6 Å². The van der Waals surface area contributed by atoms with Crippen LogP contribution in [0.25, 0.3) is 0 Å². The van der Waals surface area contributed by atoms with E-state index in [0.29, 0.717) is 23.6 Å². The number of hydrogen-bond acceptors (Lipinski definition) is 4. The minimum Gasteiger partial charge on any atom is -0.452 e. The van der Waals surface area contributed by atoms with Crippen molar-refractivity contribution < 1.29 is 19.1 Å². The Labute approximate surface area is 174 Å². The van der Waals surface area contributed by atoms with Crippen LogP contribution in [0.1, 0.15) is 30.5 Å². The lowest BCUT2D eigenvalue weighted by molar-refractivity contribution is -0.155. The molecule has 0 heterocycles. The third kappa shape index (κ3) is 7.83. The zero-order valence-electron chi connectivity index (χ0n) is 16.1. The van der Waals surface area contributed by atoms with Gasteiger partial charge in [0.2, 0.25) is 0 Å². The van der Waals surface area contributed by atoms with Gasteiger partial charge in [-0.05, 0) is 36.6 Å². The highest BCUT2D eigenvalue weighted by molar-refractivity contribution is 6.30. The molecule has 154 valence electrons. The molecule has 0 spiro atoms. The van der Waals surface area contributed by atoms with Gasteiger partial charge < -0.3 is 21.1 Å². The Morgan fingerprint density at radius 3 is 2.34 bits per heavy atom. The maximum atomic E-state index is 12.3. The van der Waals surface area contributed by atoms with Crippen molar-refractivity contribution in [2.45, 2.75) is 31.9 Å². The Morgan fingerprint density at radius 1 is 1.07 bits per heavy atom. The summed E-state index contributed by atoms with van der Waals surface area (Å²) in [4.78, 5) is 35.7. The van der Waals surface area contributed by atoms with Crippen molar-refractivity contribution in [3.8, 4) is 0 Å². The minimum atomic E-state index is -0.960. The molecule has 7 nitrogen and oxygen atoms in total. The lowest BCUT2D eigenvalue weighted by Crippen LogP contribution is -2.38. The lowest BCUT2D eigenvalue weighted by atomic mass is 10.0. The van der Waals surface area contributed by atoms with Gasteiger partial charge in [-0.2, -0.15) is 0 Å². The molecule has 3 amide bonds. The number of urea groups is 1. The third-order valence-corrected chi connectivity index (χ3v) is 4.44. The first kappa shape index (κ1) is 22.2. The molecule has 0 saturated heterocycles. The first-order valence-electron chi connectivity index (χ1n) is 9.17. The second kappa shape index (κ2) is 11.1. The van der Waals surface area contributed by atoms with E-state index in [-0.39, 0.29) is 12.3 Å². The molecular formula is C21H24ClN3O4. The van der Waals surface area contributed by atoms with Crippen molar-refractivity contribution >= 4 is 29.5 Å². The quantitative estimate of drug-likeness (QED) is 0.545. The van der Waals surface area contributed by atoms with Gasteiger partial charge in [0.1, 0.15) is 0 Å². The molecule has 0 aliphatic rings. The molecule has 2 aromatic rings. The van der Waals surface area contributed by atoms with E-state index in [2.05, 4.69) is 10.6 Å². The van der Waals surface area contributed by atoms with Crippen LogP contribution < -0.4 is 16.4 Å². The minimum absolute atomic E-state index is 0.174. The van der Waals surface area contributed by atoms with E-state index in [1.54, 1.807) is 24.3 Å². The van der Waals surface area contributed by atoms with Gasteiger partial charge in [-0.25, -0.2) is 4.79 Å². The molecular weight excluding hydrogens is 394 g/mol. The molecule has 0 aromatic heterocycles. The van der Waals surface area contributed by atoms with Crippen LogP contribution >= 0.6 is 11.6 Å². The molecule has 4 N–H and O–H groups in total. The van der Waals surface area contributed by atoms with Crippen molar-refractivity contribution in [1.29, 1.82) is 0 Å². The number of ether oxygens (including phenoxy) is 1. The number of nitrogens with one attached hydrogen (secondary N) is 2. The van der Waals surface area contributed by atoms with Crippen LogP contribution in [0.5, 0.6) is 0 Å². The molecule has 0 aliphatic heterocycles. The van der Waals surface area contributed by atoms with Crippen LogP contribution in [0.15, 0.2) is 54.6 Å². The van der Waals surface area contributed by atoms with Gasteiger partial charge in [-0.3, -0.25) is 9.59 Å². The highest BCUT2D eigenvalue weighted by Crippen LogP contribution is 2.20. The number of halogens is 1. The molecule has 29 heavy (non-hydrogen) atoms. The van der Waals surface area contributed by atoms with Crippen LogP contribution in [0.4, 0.5) is 4.79 Å². The number of primary amides is 1. The van der Waals surface area contributed by atoms with Crippen molar-refractivity contribution in [2.24, 2.45) is 5.73 Å². The Hall–Kier alpha value is -3.06. The fourth-order valence-electron chi connectivity index (χ4n) is 2.70. The Kier molecular flexibility index (Phi) is 8.48. The molecule has 2 atom stereocenters. The molecule has 0 saturated carbocycles. The van der Waals surface area contributed by atoms with E-state index < -0.39 is 24.1 Å². The van der Waals surface area contributed by atoms with Crippen LogP contribution in [-0.2, 0) is 20.7 Å². The van der Waals surface area contributed by atoms with E-state index in [1.165, 1.54) is 6.92 Å². The number of nitrogens with two attached hydrogens (primary N) is 1. The maximum absolute atomic E-state index is 12.3. The summed E-state index contributed by atoms with van der Waals surface area (Å²) in [5.74, 6) is -1.02. The number of carbonyl (C=O) groups is 3. The maximum Gasteiger partial charge on any atom is 0.312 e. The van der Waals surface area contributed by atoms with E-state index in [9.17, 15) is 14.4 Å². The van der Waals surface area contributed by atoms with Gasteiger partial charge in [0.25, 0.3) is 5.91 Å². The first-order valence-corrected chi connectivity index (χ1v) is 9.55. The summed E-state index contributed by atoms with van der Waals surface area (Å²) in [5.41, 5.74) is 6.94. The molecule has 2 rings (SSSR count). The fourth-order valence-corrected chi connectivity index (χ4v) is 2.83. The Morgan fingerprint density at radius 2 is 1.72 bits per heavy atom. The largest absolute Gasteiger partial charge is 0.452 e. The van der Waals surface area contributed by atoms with Crippen molar-refractivity contribution in [3.05, 3.63) is 70.7 Å². The molecule has 0 bridgehead atoms. The SMILES string of the molecule is C[C@@H](OC(=O)C[C@@H](NC(N)=O)c1ccc(Cl)cc1)C(=O)NCCc1ccccc1. The number of esters is 1. The molecule has 0 radical (unpaired) electrons. The standard InChI is InChI=1S/C21H24ClN3O4/c1-14(20(27)24-12-11-15-5-3-2-4-6-15)29-19(26)13-18(25-21(23)28)16-7-9-17(22)10-8-16/h2-10,14,18H,11-13H2,1H3,(H,24,27)(H3,23,25,28)/t14-,18-/m1/s1. The summed E-state index contributed by atoms with van der Waals surface area (Å²) < 4.78 is 5.20. The average molecular weight is 418 g/mol. The number of rotatable bonds is 9. The zero-order chi connectivity index (χ0) is 21.2. The van der Waals surface area contributed by atoms with Gasteiger partial charge in [-0.15, -0.1) is 0 Å². The Balaban J connectivity index is 1.85. The van der Waals surface area contributed by atoms with Crippen LogP contribution in [0.3, 0.4) is 0 Å². The number of carbonyl (C=O) groups excluding carboxylic acids is 3. The summed E-state index contributed by atoms with van der Waals surface area (Å²) in [7, 11) is 0. The van der Waals surface area contributed by atoms with E-state index in [4.69, 9.17) is 22.1 Å². The van der Waals surface area contributed by atoms with Gasteiger partial charge in [-0.1, -0.05) is 54.1 Å². The summed E-state index contributed by atoms with van der Waals surface area (Å²) in [6, 6.07) is 14.9. The average Bonchev–Trinajstić information content (AvgIpc) is 2.68. The van der Waals surface area contributed by atoms with Crippen molar-refractivity contribution in [1.82, 2.24) is 10.6 Å². The van der Waals surface area contributed by atoms with Crippen molar-refractivity contribution in [2.75, 3.05) is 6.54 Å². The number of benzene rings is 2. The smallest absolute Gasteiger partial charge is 0.312 e. The first-order chi connectivity index (χ1) is 13.8. The monoisotopic (exact) mass is 417 g/mol. The summed E-state index contributed by atoms with van der Waals surface area (Å²) in [6.45, 7) is 1.93. The molecule has 2 aromatic carbocycles. The summed E-state index contributed by atoms with van der Waals surface area (Å²) in [5, 5.41) is 5.76. The molecule has 0 aliphatic carbocycles. The highest BCUT2D eigenvalue weighted by Gasteiger charge is 2.22. The molecule has 8 heteroatoms. The van der Waals surface area contributed by atoms with Crippen LogP contribution in [-0.4, -0.2) is 30.6 Å². The van der Waals surface area contributed by atoms with Gasteiger partial charge >= 0.3 is 12.0 Å². The third-order valence-electron chi connectivity index (χ3n) is 4.19. The van der Waals surface area contributed by atoms with Crippen molar-refractivity contribution in [3.63, 3.8) is 0 Å². The van der Waals surface area contributed by atoms with E-state index >= 15 is 0 Å². The summed E-state index contributed by atoms with van der Waals surface area (Å²) >= 11 is 5.86. The molecule has 0 unspecified atom stereocenters.